The number of benzene rings is 9. The molecular formula is C54H38N2S. The number of hydrogen-bond donors (Lipinski definition) is 0. The van der Waals surface area contributed by atoms with Gasteiger partial charge in [-0.05, 0) is 102 Å². The average molecular weight is 747 g/mol. The minimum atomic E-state index is -1.96. The van der Waals surface area contributed by atoms with Crippen LogP contribution in [-0.2, 0) is 0 Å². The number of aromatic nitrogens is 2. The summed E-state index contributed by atoms with van der Waals surface area (Å²) in [6.45, 7) is 0. The summed E-state index contributed by atoms with van der Waals surface area (Å²) >= 11 is 0. The summed E-state index contributed by atoms with van der Waals surface area (Å²) in [6.07, 6.45) is 0. The SMILES string of the molecule is c1ccc(-c2cc(-n3c4ccccc4c4cc(-n5c6ccccc6c6ccccc65)ccc43)cc(S(c3ccccc3)(c3ccccc3)c3ccccc3)c2)cc1. The van der Waals surface area contributed by atoms with Crippen LogP contribution in [-0.4, -0.2) is 9.13 Å². The number of nitrogens with zero attached hydrogens (tertiary/aromatic N) is 2. The lowest BCUT2D eigenvalue weighted by Gasteiger charge is -2.42. The van der Waals surface area contributed by atoms with Crippen LogP contribution >= 0.6 is 10.0 Å². The fourth-order valence-corrected chi connectivity index (χ4v) is 12.9. The summed E-state index contributed by atoms with van der Waals surface area (Å²) in [5.74, 6) is 0. The van der Waals surface area contributed by atoms with Crippen LogP contribution < -0.4 is 0 Å². The Bertz CT molecular complexity index is 3070. The topological polar surface area (TPSA) is 9.86 Å². The van der Waals surface area contributed by atoms with Gasteiger partial charge in [0.2, 0.25) is 0 Å². The molecule has 0 fully saturated rings. The molecule has 2 heterocycles. The second-order valence-electron chi connectivity index (χ2n) is 14.6. The summed E-state index contributed by atoms with van der Waals surface area (Å²) < 4.78 is 4.91. The third kappa shape index (κ3) is 5.28. The molecule has 2 aromatic heterocycles. The maximum Gasteiger partial charge on any atom is 0.0542 e. The summed E-state index contributed by atoms with van der Waals surface area (Å²) in [5, 5.41) is 4.99. The number of para-hydroxylation sites is 3. The molecule has 0 aliphatic carbocycles. The molecule has 11 aromatic rings. The molecule has 0 spiro atoms. The first-order chi connectivity index (χ1) is 28.3. The summed E-state index contributed by atoms with van der Waals surface area (Å²) in [4.78, 5) is 5.19. The van der Waals surface area contributed by atoms with E-state index >= 15 is 0 Å². The van der Waals surface area contributed by atoms with Gasteiger partial charge in [-0.3, -0.25) is 0 Å². The van der Waals surface area contributed by atoms with E-state index in [0.717, 1.165) is 11.4 Å². The molecule has 0 aliphatic heterocycles. The molecule has 3 heteroatoms. The standard InChI is InChI=1S/C54H38N2S/c1-5-19-39(20-6-1)40-35-42(37-46(36-40)57(43-21-7-2-8-22-43,44-23-9-3-10-24-44)45-25-11-4-12-26-45)56-53-32-18-15-29-49(53)50-38-41(33-34-54(50)56)55-51-30-16-13-27-47(51)48-28-14-17-31-52(48)55/h1-38H. The van der Waals surface area contributed by atoms with Crippen LogP contribution in [0.4, 0.5) is 0 Å². The van der Waals surface area contributed by atoms with Gasteiger partial charge in [0.1, 0.15) is 0 Å². The van der Waals surface area contributed by atoms with Crippen LogP contribution in [0.25, 0.3) is 66.1 Å². The van der Waals surface area contributed by atoms with E-state index in [1.54, 1.807) is 0 Å². The van der Waals surface area contributed by atoms with Crippen molar-refractivity contribution in [3.05, 3.63) is 231 Å². The van der Waals surface area contributed by atoms with Gasteiger partial charge in [-0.25, -0.2) is 0 Å². The zero-order valence-corrected chi connectivity index (χ0v) is 32.1. The van der Waals surface area contributed by atoms with Crippen molar-refractivity contribution in [3.63, 3.8) is 0 Å². The molecule has 9 aromatic carbocycles. The summed E-state index contributed by atoms with van der Waals surface area (Å²) in [6, 6.07) is 85.0. The highest BCUT2D eigenvalue weighted by atomic mass is 32.3. The fourth-order valence-electron chi connectivity index (χ4n) is 8.96. The minimum absolute atomic E-state index is 1.14. The van der Waals surface area contributed by atoms with Crippen molar-refractivity contribution < 1.29 is 0 Å². The highest BCUT2D eigenvalue weighted by Crippen LogP contribution is 2.73. The molecule has 2 nitrogen and oxygen atoms in total. The minimum Gasteiger partial charge on any atom is -0.309 e. The molecule has 0 saturated heterocycles. The zero-order valence-electron chi connectivity index (χ0n) is 31.2. The Hall–Kier alpha value is -7.07. The van der Waals surface area contributed by atoms with Crippen LogP contribution in [0.5, 0.6) is 0 Å². The first kappa shape index (κ1) is 33.3. The number of hydrogen-bond acceptors (Lipinski definition) is 0. The molecular weight excluding hydrogens is 709 g/mol. The molecule has 270 valence electrons. The summed E-state index contributed by atoms with van der Waals surface area (Å²) in [5.41, 5.74) is 9.46. The lowest BCUT2D eigenvalue weighted by molar-refractivity contribution is 1.14. The molecule has 0 atom stereocenters. The monoisotopic (exact) mass is 746 g/mol. The fraction of sp³-hybridized carbons (Fsp3) is 0. The van der Waals surface area contributed by atoms with E-state index in [2.05, 4.69) is 240 Å². The van der Waals surface area contributed by atoms with E-state index in [0.29, 0.717) is 0 Å². The third-order valence-corrected chi connectivity index (χ3v) is 15.3. The maximum absolute atomic E-state index is 2.49. The molecule has 57 heavy (non-hydrogen) atoms. The van der Waals surface area contributed by atoms with Gasteiger partial charge in [0.25, 0.3) is 0 Å². The predicted molar refractivity (Wildman–Crippen MR) is 241 cm³/mol. The van der Waals surface area contributed by atoms with Crippen molar-refractivity contribution in [2.45, 2.75) is 19.6 Å². The van der Waals surface area contributed by atoms with Crippen molar-refractivity contribution in [2.75, 3.05) is 0 Å². The number of rotatable bonds is 7. The van der Waals surface area contributed by atoms with Gasteiger partial charge in [0.05, 0.1) is 22.1 Å². The molecule has 11 rings (SSSR count). The molecule has 0 aliphatic rings. The van der Waals surface area contributed by atoms with Gasteiger partial charge in [-0.15, -0.1) is 10.0 Å². The Balaban J connectivity index is 1.23. The normalized spacial score (nSPS) is 12.1. The van der Waals surface area contributed by atoms with Crippen molar-refractivity contribution in [3.8, 4) is 22.5 Å². The van der Waals surface area contributed by atoms with Crippen LogP contribution in [0.15, 0.2) is 250 Å². The highest BCUT2D eigenvalue weighted by Gasteiger charge is 2.34. The molecule has 0 unspecified atom stereocenters. The molecule has 0 saturated carbocycles. The van der Waals surface area contributed by atoms with Crippen molar-refractivity contribution in [2.24, 2.45) is 0 Å². The van der Waals surface area contributed by atoms with Crippen LogP contribution in [0.2, 0.25) is 0 Å². The van der Waals surface area contributed by atoms with Gasteiger partial charge >= 0.3 is 0 Å². The molecule has 0 amide bonds. The quantitative estimate of drug-likeness (QED) is 0.154. The van der Waals surface area contributed by atoms with Gasteiger partial charge in [0.15, 0.2) is 0 Å². The Morgan fingerprint density at radius 3 is 1.16 bits per heavy atom. The van der Waals surface area contributed by atoms with Crippen LogP contribution in [0.3, 0.4) is 0 Å². The predicted octanol–water partition coefficient (Wildman–Crippen LogP) is 14.9. The Labute approximate surface area is 333 Å². The Morgan fingerprint density at radius 2 is 0.649 bits per heavy atom. The van der Waals surface area contributed by atoms with Crippen molar-refractivity contribution in [1.29, 1.82) is 0 Å². The zero-order chi connectivity index (χ0) is 37.8. The first-order valence-corrected chi connectivity index (χ1v) is 21.1. The largest absolute Gasteiger partial charge is 0.309 e. The lowest BCUT2D eigenvalue weighted by Crippen LogP contribution is -2.07. The molecule has 0 bridgehead atoms. The molecule has 0 radical (unpaired) electrons. The Morgan fingerprint density at radius 1 is 0.246 bits per heavy atom. The van der Waals surface area contributed by atoms with Crippen LogP contribution in [0, 0.1) is 0 Å². The van der Waals surface area contributed by atoms with E-state index in [1.165, 1.54) is 74.3 Å². The van der Waals surface area contributed by atoms with Gasteiger partial charge < -0.3 is 9.13 Å². The average Bonchev–Trinajstić information content (AvgIpc) is 3.81. The summed E-state index contributed by atoms with van der Waals surface area (Å²) in [7, 11) is -1.96. The molecule has 0 N–H and O–H groups in total. The van der Waals surface area contributed by atoms with E-state index in [1.807, 2.05) is 0 Å². The van der Waals surface area contributed by atoms with Crippen molar-refractivity contribution in [1.82, 2.24) is 9.13 Å². The number of fused-ring (bicyclic) bond motifs is 6. The van der Waals surface area contributed by atoms with Crippen molar-refractivity contribution >= 4 is 53.6 Å². The highest BCUT2D eigenvalue weighted by molar-refractivity contribution is 8.34. The third-order valence-electron chi connectivity index (χ3n) is 11.4. The lowest BCUT2D eigenvalue weighted by atomic mass is 10.1. The van der Waals surface area contributed by atoms with Gasteiger partial charge in [0, 0.05) is 52.5 Å². The first-order valence-electron chi connectivity index (χ1n) is 19.5. The van der Waals surface area contributed by atoms with E-state index in [-0.39, 0.29) is 0 Å². The van der Waals surface area contributed by atoms with Gasteiger partial charge in [-0.1, -0.05) is 140 Å². The second kappa shape index (κ2) is 13.6. The smallest absolute Gasteiger partial charge is 0.0542 e. The van der Waals surface area contributed by atoms with E-state index < -0.39 is 10.0 Å². The van der Waals surface area contributed by atoms with Gasteiger partial charge in [-0.2, -0.15) is 0 Å². The maximum atomic E-state index is 2.49. The second-order valence-corrected chi connectivity index (χ2v) is 17.7. The van der Waals surface area contributed by atoms with E-state index in [9.17, 15) is 0 Å². The Kier molecular flexibility index (Phi) is 7.94. The van der Waals surface area contributed by atoms with Crippen LogP contribution in [0.1, 0.15) is 0 Å². The van der Waals surface area contributed by atoms with E-state index in [4.69, 9.17) is 0 Å².